The molecule has 4 amide bonds. The molecule has 0 bridgehead atoms. The quantitative estimate of drug-likeness (QED) is 0.203. The lowest BCUT2D eigenvalue weighted by molar-refractivity contribution is -0.123. The number of carbonyl (C=O) groups excluding carboxylic acids is 4. The molecule has 0 heterocycles. The number of hydrogen-bond acceptors (Lipinski definition) is 6. The maximum Gasteiger partial charge on any atom is 0.432 e. The lowest BCUT2D eigenvalue weighted by Gasteiger charge is -2.31. The Kier molecular flexibility index (Phi) is 11.4. The Bertz CT molecular complexity index is 893. The number of alkyl halides is 1. The SMILES string of the molecule is CC(=O)NC(=O)OC(Cl)[C@@H]1CC[C@H](OC(=O)N(Cl)C(C)=O)C=C1CCCCCc1ccccc1. The molecule has 1 aliphatic carbocycles. The summed E-state index contributed by atoms with van der Waals surface area (Å²) in [6.45, 7) is 2.36. The molecular weight excluding hydrogens is 483 g/mol. The summed E-state index contributed by atoms with van der Waals surface area (Å²) < 4.78 is 10.9. The maximum atomic E-state index is 12.0. The zero-order valence-corrected chi connectivity index (χ0v) is 20.8. The smallest absolute Gasteiger partial charge is 0.432 e. The standard InChI is InChI=1S/C24H30Cl2N2O6/c1-16(29)27-23(31)34-22(25)21-14-13-20(33-24(32)28(26)17(2)30)15-19(21)12-8-4-7-11-18-9-5-3-6-10-18/h3,5-6,9-10,15,20-22H,4,7-8,11-14H2,1-2H3,(H,27,29,31)/t20-,21+,22?/m0/s1. The Morgan fingerprint density at radius 1 is 1.06 bits per heavy atom. The van der Waals surface area contributed by atoms with Crippen LogP contribution in [0.1, 0.15) is 57.9 Å². The van der Waals surface area contributed by atoms with E-state index in [1.54, 1.807) is 6.08 Å². The molecule has 1 unspecified atom stereocenters. The molecule has 0 radical (unpaired) electrons. The monoisotopic (exact) mass is 512 g/mol. The molecule has 10 heteroatoms. The predicted octanol–water partition coefficient (Wildman–Crippen LogP) is 5.47. The third kappa shape index (κ3) is 9.35. The first-order valence-electron chi connectivity index (χ1n) is 11.2. The van der Waals surface area contributed by atoms with Gasteiger partial charge in [0.05, 0.1) is 0 Å². The van der Waals surface area contributed by atoms with E-state index in [1.165, 1.54) is 12.5 Å². The zero-order valence-electron chi connectivity index (χ0n) is 19.3. The van der Waals surface area contributed by atoms with E-state index in [9.17, 15) is 19.2 Å². The largest absolute Gasteiger partial charge is 0.441 e. The van der Waals surface area contributed by atoms with Crippen molar-refractivity contribution in [2.75, 3.05) is 0 Å². The van der Waals surface area contributed by atoms with Gasteiger partial charge in [0, 0.05) is 31.5 Å². The molecule has 0 saturated heterocycles. The molecule has 0 aliphatic heterocycles. The minimum atomic E-state index is -0.992. The number of aryl methyl sites for hydroxylation is 1. The minimum absolute atomic E-state index is 0.302. The van der Waals surface area contributed by atoms with Crippen LogP contribution >= 0.6 is 23.4 Å². The first-order chi connectivity index (χ1) is 16.2. The second kappa shape index (κ2) is 14.0. The second-order valence-corrected chi connectivity index (χ2v) is 8.90. The Morgan fingerprint density at radius 2 is 1.74 bits per heavy atom. The lowest BCUT2D eigenvalue weighted by Crippen LogP contribution is -2.36. The van der Waals surface area contributed by atoms with E-state index in [2.05, 4.69) is 12.1 Å². The van der Waals surface area contributed by atoms with Crippen LogP contribution in [-0.4, -0.2) is 40.1 Å². The summed E-state index contributed by atoms with van der Waals surface area (Å²) in [6.07, 6.45) is 4.75. The van der Waals surface area contributed by atoms with Gasteiger partial charge >= 0.3 is 12.2 Å². The highest BCUT2D eigenvalue weighted by Gasteiger charge is 2.33. The van der Waals surface area contributed by atoms with Crippen molar-refractivity contribution in [1.29, 1.82) is 0 Å². The van der Waals surface area contributed by atoms with Crippen molar-refractivity contribution in [3.05, 3.63) is 47.5 Å². The van der Waals surface area contributed by atoms with Crippen molar-refractivity contribution in [3.63, 3.8) is 0 Å². The first-order valence-corrected chi connectivity index (χ1v) is 12.0. The van der Waals surface area contributed by atoms with Gasteiger partial charge in [-0.25, -0.2) is 9.59 Å². The number of nitrogens with zero attached hydrogens (tertiary/aromatic N) is 1. The molecule has 0 saturated carbocycles. The summed E-state index contributed by atoms with van der Waals surface area (Å²) in [5.74, 6) is -1.49. The average molecular weight is 513 g/mol. The topological polar surface area (TPSA) is 102 Å². The highest BCUT2D eigenvalue weighted by molar-refractivity contribution is 6.28. The molecule has 2 rings (SSSR count). The number of benzene rings is 1. The fraction of sp³-hybridized carbons (Fsp3) is 0.500. The lowest BCUT2D eigenvalue weighted by atomic mass is 9.84. The molecular formula is C24H30Cl2N2O6. The number of alkyl carbamates (subject to hydrolysis) is 1. The number of carbonyl (C=O) groups is 4. The van der Waals surface area contributed by atoms with Crippen molar-refractivity contribution in [1.82, 2.24) is 9.74 Å². The van der Waals surface area contributed by atoms with Crippen molar-refractivity contribution in [2.24, 2.45) is 5.92 Å². The Morgan fingerprint density at radius 3 is 2.38 bits per heavy atom. The molecule has 3 atom stereocenters. The van der Waals surface area contributed by atoms with Crippen LogP contribution < -0.4 is 5.32 Å². The van der Waals surface area contributed by atoms with Gasteiger partial charge in [0.1, 0.15) is 6.10 Å². The van der Waals surface area contributed by atoms with E-state index < -0.39 is 35.7 Å². The Hall–Kier alpha value is -2.58. The summed E-state index contributed by atoms with van der Waals surface area (Å²) in [6, 6.07) is 10.2. The number of nitrogens with one attached hydrogen (secondary N) is 1. The minimum Gasteiger partial charge on any atom is -0.441 e. The Balaban J connectivity index is 2.00. The number of hydrogen-bond donors (Lipinski definition) is 1. The summed E-state index contributed by atoms with van der Waals surface area (Å²) in [5, 5.41) is 2.04. The number of imide groups is 2. The average Bonchev–Trinajstić information content (AvgIpc) is 2.78. The molecule has 0 fully saturated rings. The van der Waals surface area contributed by atoms with Crippen molar-refractivity contribution < 1.29 is 28.7 Å². The molecule has 186 valence electrons. The van der Waals surface area contributed by atoms with Crippen LogP contribution in [0.25, 0.3) is 0 Å². The second-order valence-electron chi connectivity index (χ2n) is 8.13. The third-order valence-corrected chi connectivity index (χ3v) is 6.18. The summed E-state index contributed by atoms with van der Waals surface area (Å²) in [5.41, 5.74) is 1.18. The fourth-order valence-electron chi connectivity index (χ4n) is 3.78. The predicted molar refractivity (Wildman–Crippen MR) is 128 cm³/mol. The maximum absolute atomic E-state index is 12.0. The zero-order chi connectivity index (χ0) is 25.1. The van der Waals surface area contributed by atoms with Crippen molar-refractivity contribution >= 4 is 47.4 Å². The summed E-state index contributed by atoms with van der Waals surface area (Å²) in [4.78, 5) is 46.2. The normalized spacial score (nSPS) is 18.3. The molecule has 1 aromatic carbocycles. The number of rotatable bonds is 9. The van der Waals surface area contributed by atoms with Crippen LogP contribution in [0.3, 0.4) is 0 Å². The highest BCUT2D eigenvalue weighted by atomic mass is 35.5. The fourth-order valence-corrected chi connectivity index (χ4v) is 4.19. The Labute approximate surface area is 209 Å². The van der Waals surface area contributed by atoms with Gasteiger partial charge in [-0.05, 0) is 50.2 Å². The number of amides is 4. The van der Waals surface area contributed by atoms with Crippen molar-refractivity contribution in [2.45, 2.75) is 70.5 Å². The number of unbranched alkanes of at least 4 members (excludes halogenated alkanes) is 2. The molecule has 1 N–H and O–H groups in total. The van der Waals surface area contributed by atoms with E-state index in [-0.39, 0.29) is 5.92 Å². The van der Waals surface area contributed by atoms with Crippen LogP contribution in [0, 0.1) is 5.92 Å². The molecule has 8 nitrogen and oxygen atoms in total. The van der Waals surface area contributed by atoms with Gasteiger partial charge in [-0.3, -0.25) is 14.9 Å². The van der Waals surface area contributed by atoms with Gasteiger partial charge in [-0.1, -0.05) is 53.9 Å². The van der Waals surface area contributed by atoms with Gasteiger partial charge in [-0.15, -0.1) is 0 Å². The van der Waals surface area contributed by atoms with Crippen LogP contribution in [0.5, 0.6) is 0 Å². The van der Waals surface area contributed by atoms with Crippen LogP contribution in [-0.2, 0) is 25.5 Å². The van der Waals surface area contributed by atoms with E-state index in [0.717, 1.165) is 38.2 Å². The third-order valence-electron chi connectivity index (χ3n) is 5.42. The van der Waals surface area contributed by atoms with Gasteiger partial charge in [0.2, 0.25) is 11.8 Å². The van der Waals surface area contributed by atoms with Gasteiger partial charge < -0.3 is 9.47 Å². The van der Waals surface area contributed by atoms with E-state index in [0.29, 0.717) is 23.7 Å². The molecule has 0 spiro atoms. The van der Waals surface area contributed by atoms with E-state index >= 15 is 0 Å². The first kappa shape index (κ1) is 27.7. The van der Waals surface area contributed by atoms with Crippen LogP contribution in [0.4, 0.5) is 9.59 Å². The number of halogens is 2. The van der Waals surface area contributed by atoms with Gasteiger partial charge in [0.15, 0.2) is 5.56 Å². The van der Waals surface area contributed by atoms with Crippen LogP contribution in [0.15, 0.2) is 42.0 Å². The molecule has 1 aromatic rings. The van der Waals surface area contributed by atoms with E-state index in [4.69, 9.17) is 32.9 Å². The van der Waals surface area contributed by atoms with Crippen LogP contribution in [0.2, 0.25) is 0 Å². The summed E-state index contributed by atoms with van der Waals surface area (Å²) in [7, 11) is 0. The van der Waals surface area contributed by atoms with E-state index in [1.807, 2.05) is 23.5 Å². The molecule has 34 heavy (non-hydrogen) atoms. The van der Waals surface area contributed by atoms with Crippen molar-refractivity contribution in [3.8, 4) is 0 Å². The highest BCUT2D eigenvalue weighted by Crippen LogP contribution is 2.35. The molecule has 0 aromatic heterocycles. The summed E-state index contributed by atoms with van der Waals surface area (Å²) >= 11 is 12.0. The number of ether oxygens (including phenoxy) is 2. The van der Waals surface area contributed by atoms with Gasteiger partial charge in [0.25, 0.3) is 0 Å². The van der Waals surface area contributed by atoms with Gasteiger partial charge in [-0.2, -0.15) is 4.42 Å². The molecule has 1 aliphatic rings.